The van der Waals surface area contributed by atoms with Crippen molar-refractivity contribution in [3.8, 4) is 17.2 Å². The molecule has 164 valence electrons. The Hall–Kier alpha value is -2.64. The van der Waals surface area contributed by atoms with Crippen LogP contribution in [0.1, 0.15) is 19.8 Å². The highest BCUT2D eigenvalue weighted by molar-refractivity contribution is 6.35. The summed E-state index contributed by atoms with van der Waals surface area (Å²) in [4.78, 5) is 27.1. The van der Waals surface area contributed by atoms with Crippen molar-refractivity contribution in [3.05, 3.63) is 46.4 Å². The van der Waals surface area contributed by atoms with Crippen LogP contribution in [0.25, 0.3) is 0 Å². The number of piperidine rings is 1. The fourth-order valence-corrected chi connectivity index (χ4v) is 4.10. The minimum absolute atomic E-state index is 0.0665. The van der Waals surface area contributed by atoms with Gasteiger partial charge in [-0.25, -0.2) is 0 Å². The third-order valence-corrected chi connectivity index (χ3v) is 5.89. The second kappa shape index (κ2) is 9.24. The molecule has 0 spiro atoms. The number of fused-ring (bicyclic) bond motifs is 1. The Morgan fingerprint density at radius 2 is 1.84 bits per heavy atom. The molecular weight excluding hydrogens is 443 g/mol. The average molecular weight is 465 g/mol. The summed E-state index contributed by atoms with van der Waals surface area (Å²) >= 11 is 12.0. The molecule has 2 aliphatic heterocycles. The van der Waals surface area contributed by atoms with E-state index in [-0.39, 0.29) is 24.5 Å². The van der Waals surface area contributed by atoms with Crippen LogP contribution in [0, 0.1) is 5.92 Å². The maximum absolute atomic E-state index is 12.8. The number of likely N-dealkylation sites (tertiary alicyclic amines) is 1. The molecule has 31 heavy (non-hydrogen) atoms. The van der Waals surface area contributed by atoms with Crippen LogP contribution in [0.4, 0.5) is 5.69 Å². The van der Waals surface area contributed by atoms with Gasteiger partial charge in [-0.3, -0.25) is 9.59 Å². The van der Waals surface area contributed by atoms with Gasteiger partial charge in [0.2, 0.25) is 12.7 Å². The molecule has 2 aromatic carbocycles. The van der Waals surface area contributed by atoms with E-state index in [0.29, 0.717) is 58.9 Å². The zero-order valence-corrected chi connectivity index (χ0v) is 18.4. The molecule has 0 aliphatic carbocycles. The lowest BCUT2D eigenvalue weighted by Gasteiger charge is -2.33. The molecule has 2 aromatic rings. The third kappa shape index (κ3) is 4.99. The average Bonchev–Trinajstić information content (AvgIpc) is 3.23. The minimum Gasteiger partial charge on any atom is -0.479 e. The van der Waals surface area contributed by atoms with E-state index in [1.807, 2.05) is 0 Å². The number of rotatable bonds is 5. The number of carbonyl (C=O) groups excluding carboxylic acids is 2. The summed E-state index contributed by atoms with van der Waals surface area (Å²) in [5.41, 5.74) is 0.662. The summed E-state index contributed by atoms with van der Waals surface area (Å²) < 4.78 is 16.3. The molecule has 0 radical (unpaired) electrons. The van der Waals surface area contributed by atoms with E-state index in [0.717, 1.165) is 0 Å². The zero-order chi connectivity index (χ0) is 22.0. The molecule has 7 nitrogen and oxygen atoms in total. The summed E-state index contributed by atoms with van der Waals surface area (Å²) in [6.45, 7) is 2.84. The van der Waals surface area contributed by atoms with Gasteiger partial charge in [-0.2, -0.15) is 0 Å². The van der Waals surface area contributed by atoms with Crippen molar-refractivity contribution in [2.75, 3.05) is 25.2 Å². The topological polar surface area (TPSA) is 77.1 Å². The molecule has 1 atom stereocenters. The van der Waals surface area contributed by atoms with E-state index in [1.165, 1.54) is 0 Å². The van der Waals surface area contributed by atoms with Crippen molar-refractivity contribution < 1.29 is 23.8 Å². The lowest BCUT2D eigenvalue weighted by Crippen LogP contribution is -2.46. The number of nitrogens with one attached hydrogen (secondary N) is 1. The van der Waals surface area contributed by atoms with Crippen LogP contribution in [-0.2, 0) is 9.59 Å². The van der Waals surface area contributed by atoms with Crippen LogP contribution in [0.3, 0.4) is 0 Å². The number of hydrogen-bond donors (Lipinski definition) is 1. The molecule has 0 saturated carbocycles. The normalized spacial score (nSPS) is 16.7. The van der Waals surface area contributed by atoms with Gasteiger partial charge >= 0.3 is 0 Å². The van der Waals surface area contributed by atoms with Gasteiger partial charge < -0.3 is 24.4 Å². The Labute approximate surface area is 190 Å². The molecule has 2 aliphatic rings. The van der Waals surface area contributed by atoms with E-state index in [9.17, 15) is 9.59 Å². The van der Waals surface area contributed by atoms with Crippen LogP contribution >= 0.6 is 23.2 Å². The molecule has 2 heterocycles. The molecule has 1 saturated heterocycles. The molecule has 2 amide bonds. The van der Waals surface area contributed by atoms with Crippen molar-refractivity contribution >= 4 is 40.7 Å². The lowest BCUT2D eigenvalue weighted by molar-refractivity contribution is -0.140. The summed E-state index contributed by atoms with van der Waals surface area (Å²) in [5, 5.41) is 3.77. The van der Waals surface area contributed by atoms with Crippen LogP contribution in [0.15, 0.2) is 36.4 Å². The van der Waals surface area contributed by atoms with Crippen LogP contribution in [0.2, 0.25) is 10.0 Å². The standard InChI is InChI=1S/C22H22Cl2N2O5/c1-13(31-18-4-2-15(23)10-17(18)24)22(28)26-8-6-14(7-9-26)21(27)25-16-3-5-19-20(11-16)30-12-29-19/h2-5,10-11,13-14H,6-9,12H2,1H3,(H,25,27). The van der Waals surface area contributed by atoms with Gasteiger partial charge in [0, 0.05) is 35.8 Å². The van der Waals surface area contributed by atoms with Crippen molar-refractivity contribution in [1.29, 1.82) is 0 Å². The summed E-state index contributed by atoms with van der Waals surface area (Å²) in [7, 11) is 0. The first-order chi connectivity index (χ1) is 14.9. The van der Waals surface area contributed by atoms with Crippen molar-refractivity contribution in [1.82, 2.24) is 4.90 Å². The Morgan fingerprint density at radius 3 is 2.58 bits per heavy atom. The maximum atomic E-state index is 12.8. The Morgan fingerprint density at radius 1 is 1.10 bits per heavy atom. The zero-order valence-electron chi connectivity index (χ0n) is 16.9. The van der Waals surface area contributed by atoms with Gasteiger partial charge in [0.15, 0.2) is 17.6 Å². The van der Waals surface area contributed by atoms with Gasteiger partial charge in [0.05, 0.1) is 5.02 Å². The van der Waals surface area contributed by atoms with Gasteiger partial charge in [-0.15, -0.1) is 0 Å². The summed E-state index contributed by atoms with van der Waals surface area (Å²) in [5.74, 6) is 1.32. The predicted octanol–water partition coefficient (Wildman–Crippen LogP) is 4.37. The quantitative estimate of drug-likeness (QED) is 0.710. The molecule has 4 rings (SSSR count). The number of hydrogen-bond acceptors (Lipinski definition) is 5. The number of nitrogens with zero attached hydrogens (tertiary/aromatic N) is 1. The molecule has 0 aromatic heterocycles. The fraction of sp³-hybridized carbons (Fsp3) is 0.364. The van der Waals surface area contributed by atoms with Crippen LogP contribution < -0.4 is 19.5 Å². The third-order valence-electron chi connectivity index (χ3n) is 5.36. The highest BCUT2D eigenvalue weighted by Gasteiger charge is 2.30. The van der Waals surface area contributed by atoms with E-state index in [1.54, 1.807) is 48.2 Å². The minimum atomic E-state index is -0.697. The monoisotopic (exact) mass is 464 g/mol. The van der Waals surface area contributed by atoms with Crippen LogP contribution in [0.5, 0.6) is 17.2 Å². The molecule has 0 bridgehead atoms. The maximum Gasteiger partial charge on any atom is 0.263 e. The molecular formula is C22H22Cl2N2O5. The second-order valence-corrected chi connectivity index (χ2v) is 8.34. The molecule has 9 heteroatoms. The van der Waals surface area contributed by atoms with E-state index >= 15 is 0 Å². The molecule has 1 unspecified atom stereocenters. The highest BCUT2D eigenvalue weighted by Crippen LogP contribution is 2.34. The second-order valence-electron chi connectivity index (χ2n) is 7.49. The van der Waals surface area contributed by atoms with E-state index < -0.39 is 6.10 Å². The molecule has 1 fully saturated rings. The number of carbonyl (C=O) groups is 2. The van der Waals surface area contributed by atoms with E-state index in [4.69, 9.17) is 37.4 Å². The fourth-order valence-electron chi connectivity index (χ4n) is 3.65. The number of benzene rings is 2. The van der Waals surface area contributed by atoms with Crippen molar-refractivity contribution in [2.24, 2.45) is 5.92 Å². The first-order valence-electron chi connectivity index (χ1n) is 10.0. The largest absolute Gasteiger partial charge is 0.479 e. The smallest absolute Gasteiger partial charge is 0.263 e. The Kier molecular flexibility index (Phi) is 6.43. The van der Waals surface area contributed by atoms with E-state index in [2.05, 4.69) is 5.32 Å². The number of amides is 2. The van der Waals surface area contributed by atoms with Crippen LogP contribution in [-0.4, -0.2) is 42.7 Å². The SMILES string of the molecule is CC(Oc1ccc(Cl)cc1Cl)C(=O)N1CCC(C(=O)Nc2ccc3c(c2)OCO3)CC1. The Bertz CT molecular complexity index is 992. The van der Waals surface area contributed by atoms with Crippen molar-refractivity contribution in [3.63, 3.8) is 0 Å². The first kappa shape index (κ1) is 21.6. The highest BCUT2D eigenvalue weighted by atomic mass is 35.5. The predicted molar refractivity (Wildman–Crippen MR) is 117 cm³/mol. The lowest BCUT2D eigenvalue weighted by atomic mass is 9.95. The first-order valence-corrected chi connectivity index (χ1v) is 10.8. The Balaban J connectivity index is 1.28. The number of halogens is 2. The number of anilines is 1. The van der Waals surface area contributed by atoms with Gasteiger partial charge in [-0.1, -0.05) is 23.2 Å². The summed E-state index contributed by atoms with van der Waals surface area (Å²) in [6, 6.07) is 10.2. The van der Waals surface area contributed by atoms with Gasteiger partial charge in [0.1, 0.15) is 5.75 Å². The molecule has 1 N–H and O–H groups in total. The summed E-state index contributed by atoms with van der Waals surface area (Å²) in [6.07, 6.45) is 0.463. The van der Waals surface area contributed by atoms with Gasteiger partial charge in [0.25, 0.3) is 5.91 Å². The van der Waals surface area contributed by atoms with Gasteiger partial charge in [-0.05, 0) is 50.1 Å². The van der Waals surface area contributed by atoms with Crippen molar-refractivity contribution in [2.45, 2.75) is 25.9 Å². The number of ether oxygens (including phenoxy) is 3.